The van der Waals surface area contributed by atoms with Crippen LogP contribution in [0.5, 0.6) is 0 Å². The normalized spacial score (nSPS) is 21.3. The third kappa shape index (κ3) is 3.03. The number of aromatic nitrogens is 2. The number of aromatic amines is 1. The van der Waals surface area contributed by atoms with Crippen LogP contribution in [-0.2, 0) is 19.1 Å². The largest absolute Gasteiger partial charge is 0.477 e. The number of hydrogen-bond acceptors (Lipinski definition) is 8. The van der Waals surface area contributed by atoms with Crippen LogP contribution >= 0.6 is 11.8 Å². The van der Waals surface area contributed by atoms with Gasteiger partial charge in [-0.1, -0.05) is 0 Å². The highest BCUT2D eigenvalue weighted by atomic mass is 32.2. The van der Waals surface area contributed by atoms with Crippen molar-refractivity contribution in [3.8, 4) is 0 Å². The number of H-pyrrole nitrogens is 1. The summed E-state index contributed by atoms with van der Waals surface area (Å²) < 4.78 is 4.92. The molecular formula is C17H17N5O5S. The van der Waals surface area contributed by atoms with Crippen molar-refractivity contribution in [2.75, 3.05) is 23.4 Å². The molecule has 4 rings (SSSR count). The zero-order chi connectivity index (χ0) is 20.0. The van der Waals surface area contributed by atoms with E-state index < -0.39 is 23.4 Å². The highest BCUT2D eigenvalue weighted by Gasteiger charge is 2.54. The van der Waals surface area contributed by atoms with E-state index in [1.54, 1.807) is 18.2 Å². The van der Waals surface area contributed by atoms with E-state index in [4.69, 9.17) is 10.5 Å². The number of carbonyl (C=O) groups excluding carboxylic acids is 2. The number of nitrogen functional groups attached to an aromatic ring is 1. The molecule has 2 atom stereocenters. The van der Waals surface area contributed by atoms with Crippen LogP contribution in [-0.4, -0.2) is 61.6 Å². The lowest BCUT2D eigenvalue weighted by atomic mass is 10.0. The topological polar surface area (TPSA) is 151 Å². The van der Waals surface area contributed by atoms with Gasteiger partial charge in [0.1, 0.15) is 23.7 Å². The van der Waals surface area contributed by atoms with E-state index in [9.17, 15) is 19.5 Å². The molecule has 1 unspecified atom stereocenters. The Labute approximate surface area is 163 Å². The van der Waals surface area contributed by atoms with Crippen molar-refractivity contribution in [3.05, 3.63) is 29.5 Å². The molecule has 10 nitrogen and oxygen atoms in total. The number of amides is 1. The molecule has 0 radical (unpaired) electrons. The lowest BCUT2D eigenvalue weighted by Crippen LogP contribution is -2.67. The molecular weight excluding hydrogens is 386 g/mol. The summed E-state index contributed by atoms with van der Waals surface area (Å²) in [6.45, 7) is 1.10. The number of carbonyl (C=O) groups is 3. The number of fused-ring (bicyclic) bond motifs is 2. The van der Waals surface area contributed by atoms with E-state index in [1.807, 2.05) is 0 Å². The number of β-lactam (4-membered cyclic amide) rings is 1. The van der Waals surface area contributed by atoms with Gasteiger partial charge in [-0.15, -0.1) is 11.8 Å². The number of nitrogens with one attached hydrogen (secondary N) is 2. The maximum Gasteiger partial charge on any atom is 0.352 e. The van der Waals surface area contributed by atoms with Gasteiger partial charge in [-0.25, -0.2) is 9.78 Å². The van der Waals surface area contributed by atoms with Gasteiger partial charge in [-0.2, -0.15) is 0 Å². The second kappa shape index (κ2) is 6.75. The average molecular weight is 403 g/mol. The van der Waals surface area contributed by atoms with Crippen LogP contribution in [0.4, 0.5) is 11.6 Å². The summed E-state index contributed by atoms with van der Waals surface area (Å²) in [5, 5.41) is 12.2. The fourth-order valence-corrected chi connectivity index (χ4v) is 4.55. The molecule has 0 bridgehead atoms. The van der Waals surface area contributed by atoms with E-state index in [1.165, 1.54) is 23.6 Å². The number of rotatable bonds is 5. The molecule has 1 saturated heterocycles. The van der Waals surface area contributed by atoms with Crippen molar-refractivity contribution in [2.24, 2.45) is 0 Å². The van der Waals surface area contributed by atoms with Crippen molar-refractivity contribution in [1.82, 2.24) is 14.9 Å². The van der Waals surface area contributed by atoms with Gasteiger partial charge < -0.3 is 25.9 Å². The summed E-state index contributed by atoms with van der Waals surface area (Å²) >= 11 is 1.40. The fourth-order valence-electron chi connectivity index (χ4n) is 3.22. The molecule has 146 valence electrons. The Kier molecular flexibility index (Phi) is 4.38. The Morgan fingerprint density at radius 1 is 1.50 bits per heavy atom. The smallest absolute Gasteiger partial charge is 0.352 e. The first-order valence-corrected chi connectivity index (χ1v) is 9.45. The number of esters is 1. The fraction of sp³-hybridized carbons (Fsp3) is 0.294. The van der Waals surface area contributed by atoms with E-state index in [0.29, 0.717) is 28.5 Å². The third-order valence-electron chi connectivity index (χ3n) is 4.50. The molecule has 2 aliphatic heterocycles. The van der Waals surface area contributed by atoms with Gasteiger partial charge in [0.25, 0.3) is 5.91 Å². The van der Waals surface area contributed by atoms with Gasteiger partial charge >= 0.3 is 11.9 Å². The Morgan fingerprint density at radius 3 is 3.00 bits per heavy atom. The number of nitrogens with two attached hydrogens (primary N) is 1. The first kappa shape index (κ1) is 18.2. The highest BCUT2D eigenvalue weighted by molar-refractivity contribution is 8.00. The SMILES string of the molecule is CC(=O)OCC1=C(C(=O)O)N2C(=O)C(Nc3nc4cc(N)ccc4[nH]3)[C@H]2SC1. The molecule has 1 aromatic heterocycles. The minimum absolute atomic E-state index is 0.120. The second-order valence-corrected chi connectivity index (χ2v) is 7.54. The molecule has 1 fully saturated rings. The molecule has 0 spiro atoms. The molecule has 0 aliphatic carbocycles. The summed E-state index contributed by atoms with van der Waals surface area (Å²) in [4.78, 5) is 44.1. The number of imidazole rings is 1. The van der Waals surface area contributed by atoms with Crippen LogP contribution in [0.3, 0.4) is 0 Å². The number of benzene rings is 1. The zero-order valence-corrected chi connectivity index (χ0v) is 15.6. The Balaban J connectivity index is 1.54. The quantitative estimate of drug-likeness (QED) is 0.322. The number of anilines is 2. The lowest BCUT2D eigenvalue weighted by molar-refractivity contribution is -0.147. The molecule has 1 amide bonds. The lowest BCUT2D eigenvalue weighted by Gasteiger charge is -2.49. The molecule has 5 N–H and O–H groups in total. The zero-order valence-electron chi connectivity index (χ0n) is 14.8. The molecule has 3 heterocycles. The van der Waals surface area contributed by atoms with Crippen molar-refractivity contribution in [2.45, 2.75) is 18.3 Å². The summed E-state index contributed by atoms with van der Waals surface area (Å²) in [5.41, 5.74) is 8.04. The maximum absolute atomic E-state index is 12.7. The van der Waals surface area contributed by atoms with Crippen LogP contribution in [0.2, 0.25) is 0 Å². The van der Waals surface area contributed by atoms with Gasteiger partial charge in [0.2, 0.25) is 5.95 Å². The van der Waals surface area contributed by atoms with Gasteiger partial charge in [-0.05, 0) is 18.2 Å². The van der Waals surface area contributed by atoms with Crippen LogP contribution in [0.1, 0.15) is 6.92 Å². The third-order valence-corrected chi connectivity index (χ3v) is 5.84. The summed E-state index contributed by atoms with van der Waals surface area (Å²) in [6.07, 6.45) is 0. The molecule has 28 heavy (non-hydrogen) atoms. The number of ether oxygens (including phenoxy) is 1. The first-order valence-electron chi connectivity index (χ1n) is 8.40. The number of aliphatic carboxylic acids is 1. The first-order chi connectivity index (χ1) is 13.3. The van der Waals surface area contributed by atoms with Crippen LogP contribution in [0.25, 0.3) is 11.0 Å². The minimum atomic E-state index is -1.22. The van der Waals surface area contributed by atoms with Crippen LogP contribution in [0, 0.1) is 0 Å². The summed E-state index contributed by atoms with van der Waals surface area (Å²) in [6, 6.07) is 4.63. The van der Waals surface area contributed by atoms with Gasteiger partial charge in [0.15, 0.2) is 0 Å². The van der Waals surface area contributed by atoms with Crippen molar-refractivity contribution in [3.63, 3.8) is 0 Å². The minimum Gasteiger partial charge on any atom is -0.477 e. The maximum atomic E-state index is 12.7. The predicted molar refractivity (Wildman–Crippen MR) is 102 cm³/mol. The summed E-state index contributed by atoms with van der Waals surface area (Å²) in [5.74, 6) is -1.36. The molecule has 11 heteroatoms. The Hall–Kier alpha value is -3.21. The van der Waals surface area contributed by atoms with E-state index in [-0.39, 0.29) is 18.2 Å². The molecule has 1 aromatic carbocycles. The van der Waals surface area contributed by atoms with Crippen LogP contribution in [0.15, 0.2) is 29.5 Å². The Morgan fingerprint density at radius 2 is 2.29 bits per heavy atom. The monoisotopic (exact) mass is 403 g/mol. The van der Waals surface area contributed by atoms with E-state index >= 15 is 0 Å². The van der Waals surface area contributed by atoms with Crippen molar-refractivity contribution in [1.29, 1.82) is 0 Å². The van der Waals surface area contributed by atoms with Gasteiger partial charge in [0, 0.05) is 23.9 Å². The number of carboxylic acids is 1. The number of hydrogen-bond donors (Lipinski definition) is 4. The second-order valence-electron chi connectivity index (χ2n) is 6.43. The van der Waals surface area contributed by atoms with Crippen molar-refractivity contribution >= 4 is 52.3 Å². The predicted octanol–water partition coefficient (Wildman–Crippen LogP) is 0.743. The molecule has 0 saturated carbocycles. The number of thioether (sulfide) groups is 1. The average Bonchev–Trinajstić information content (AvgIpc) is 3.05. The van der Waals surface area contributed by atoms with Gasteiger partial charge in [-0.3, -0.25) is 14.5 Å². The highest BCUT2D eigenvalue weighted by Crippen LogP contribution is 2.41. The summed E-state index contributed by atoms with van der Waals surface area (Å²) in [7, 11) is 0. The Bertz CT molecular complexity index is 1030. The molecule has 2 aliphatic rings. The standard InChI is InChI=1S/C17H17N5O5S/c1-7(23)27-5-8-6-28-15-12(14(24)22(15)13(8)16(25)26)21-17-19-10-3-2-9(18)4-11(10)20-17/h2-4,12,15H,5-6,18H2,1H3,(H,25,26)(H2,19,20,21)/t12?,15-/m1/s1. The number of carboxylic acid groups (broad SMARTS) is 1. The number of nitrogens with zero attached hydrogens (tertiary/aromatic N) is 2. The van der Waals surface area contributed by atoms with Crippen molar-refractivity contribution < 1.29 is 24.2 Å². The van der Waals surface area contributed by atoms with Crippen LogP contribution < -0.4 is 11.1 Å². The van der Waals surface area contributed by atoms with E-state index in [2.05, 4.69) is 15.3 Å². The van der Waals surface area contributed by atoms with Gasteiger partial charge in [0.05, 0.1) is 11.0 Å². The molecule has 2 aromatic rings. The van der Waals surface area contributed by atoms with E-state index in [0.717, 1.165) is 5.52 Å².